The highest BCUT2D eigenvalue weighted by Gasteiger charge is 2.20. The van der Waals surface area contributed by atoms with Gasteiger partial charge in [0.2, 0.25) is 0 Å². The van der Waals surface area contributed by atoms with Gasteiger partial charge < -0.3 is 5.32 Å². The maximum absolute atomic E-state index is 10.5. The van der Waals surface area contributed by atoms with Gasteiger partial charge in [-0.15, -0.1) is 0 Å². The predicted molar refractivity (Wildman–Crippen MR) is 76.5 cm³/mol. The molecule has 1 N–H and O–H groups in total. The number of unbranched alkanes of at least 4 members (excludes halogenated alkanes) is 6. The van der Waals surface area contributed by atoms with Gasteiger partial charge in [-0.3, -0.25) is 9.69 Å². The van der Waals surface area contributed by atoms with Crippen LogP contribution < -0.4 is 5.32 Å². The standard InChI is InChI=1S/C15H29N2O/c1-2-3-4-5-6-7-8-11-17-12-10-16-14-15(17)9-13-18/h15-16H,2-12,14H2,1H3. The van der Waals surface area contributed by atoms with Gasteiger partial charge in [-0.05, 0) is 13.0 Å². The fourth-order valence-electron chi connectivity index (χ4n) is 2.67. The lowest BCUT2D eigenvalue weighted by atomic mass is 10.1. The molecular weight excluding hydrogens is 224 g/mol. The minimum atomic E-state index is 0.386. The molecule has 1 fully saturated rings. The number of hydrogen-bond acceptors (Lipinski definition) is 3. The van der Waals surface area contributed by atoms with Gasteiger partial charge in [0.05, 0.1) is 0 Å². The molecule has 1 heterocycles. The molecule has 1 aliphatic heterocycles. The Bertz CT molecular complexity index is 209. The third-order valence-corrected chi connectivity index (χ3v) is 3.84. The van der Waals surface area contributed by atoms with Crippen molar-refractivity contribution in [2.75, 3.05) is 26.2 Å². The first-order valence-electron chi connectivity index (χ1n) is 7.68. The van der Waals surface area contributed by atoms with Crippen LogP contribution in [-0.2, 0) is 4.79 Å². The summed E-state index contributed by atoms with van der Waals surface area (Å²) >= 11 is 0. The summed E-state index contributed by atoms with van der Waals surface area (Å²) in [5.74, 6) is 0. The molecule has 1 rings (SSSR count). The van der Waals surface area contributed by atoms with E-state index in [1.807, 2.05) is 0 Å². The first-order valence-corrected chi connectivity index (χ1v) is 7.68. The third kappa shape index (κ3) is 6.50. The summed E-state index contributed by atoms with van der Waals surface area (Å²) in [4.78, 5) is 13.0. The van der Waals surface area contributed by atoms with Gasteiger partial charge in [0.1, 0.15) is 0 Å². The van der Waals surface area contributed by atoms with E-state index in [0.29, 0.717) is 12.5 Å². The van der Waals surface area contributed by atoms with E-state index < -0.39 is 0 Å². The first-order chi connectivity index (χ1) is 8.88. The fourth-order valence-corrected chi connectivity index (χ4v) is 2.67. The Labute approximate surface area is 112 Å². The lowest BCUT2D eigenvalue weighted by Crippen LogP contribution is -2.51. The van der Waals surface area contributed by atoms with Crippen molar-refractivity contribution >= 4 is 6.29 Å². The summed E-state index contributed by atoms with van der Waals surface area (Å²) in [5.41, 5.74) is 0. The Kier molecular flexibility index (Phi) is 9.13. The second kappa shape index (κ2) is 10.5. The van der Waals surface area contributed by atoms with Crippen LogP contribution in [0.5, 0.6) is 0 Å². The van der Waals surface area contributed by atoms with Gasteiger partial charge in [0, 0.05) is 32.1 Å². The molecule has 18 heavy (non-hydrogen) atoms. The van der Waals surface area contributed by atoms with Crippen LogP contribution >= 0.6 is 0 Å². The quantitative estimate of drug-likeness (QED) is 0.607. The molecule has 0 bridgehead atoms. The summed E-state index contributed by atoms with van der Waals surface area (Å²) in [5, 5.41) is 3.35. The van der Waals surface area contributed by atoms with E-state index in [1.54, 1.807) is 0 Å². The van der Waals surface area contributed by atoms with Crippen LogP contribution in [0, 0.1) is 0 Å². The maximum Gasteiger partial charge on any atom is 0.200 e. The van der Waals surface area contributed by atoms with Crippen molar-refractivity contribution in [3.8, 4) is 0 Å². The molecule has 1 atom stereocenters. The summed E-state index contributed by atoms with van der Waals surface area (Å²) in [6.45, 7) is 6.51. The molecule has 0 spiro atoms. The van der Waals surface area contributed by atoms with Crippen LogP contribution in [0.25, 0.3) is 0 Å². The summed E-state index contributed by atoms with van der Waals surface area (Å²) in [7, 11) is 0. The Balaban J connectivity index is 2.03. The van der Waals surface area contributed by atoms with E-state index in [4.69, 9.17) is 0 Å². The second-order valence-electron chi connectivity index (χ2n) is 5.36. The smallest absolute Gasteiger partial charge is 0.200 e. The number of carbonyl (C=O) groups excluding carboxylic acids is 1. The van der Waals surface area contributed by atoms with E-state index in [9.17, 15) is 4.79 Å². The van der Waals surface area contributed by atoms with Crippen molar-refractivity contribution < 1.29 is 4.79 Å². The monoisotopic (exact) mass is 253 g/mol. The largest absolute Gasteiger partial charge is 0.314 e. The Morgan fingerprint density at radius 2 is 1.89 bits per heavy atom. The van der Waals surface area contributed by atoms with Gasteiger partial charge >= 0.3 is 0 Å². The number of nitrogens with zero attached hydrogens (tertiary/aromatic N) is 1. The molecule has 3 heteroatoms. The molecule has 0 amide bonds. The zero-order valence-corrected chi connectivity index (χ0v) is 11.9. The van der Waals surface area contributed by atoms with Crippen molar-refractivity contribution in [3.63, 3.8) is 0 Å². The predicted octanol–water partition coefficient (Wildman–Crippen LogP) is 2.51. The molecule has 1 saturated heterocycles. The second-order valence-corrected chi connectivity index (χ2v) is 5.36. The average Bonchev–Trinajstić information content (AvgIpc) is 2.40. The number of hydrogen-bond donors (Lipinski definition) is 1. The minimum Gasteiger partial charge on any atom is -0.314 e. The first kappa shape index (κ1) is 15.6. The fraction of sp³-hybridized carbons (Fsp3) is 0.933. The number of piperazine rings is 1. The molecule has 0 aromatic heterocycles. The molecule has 0 saturated carbocycles. The van der Waals surface area contributed by atoms with E-state index in [0.717, 1.165) is 26.2 Å². The molecule has 1 radical (unpaired) electrons. The van der Waals surface area contributed by atoms with E-state index in [2.05, 4.69) is 23.4 Å². The highest BCUT2D eigenvalue weighted by Crippen LogP contribution is 2.11. The van der Waals surface area contributed by atoms with Crippen molar-refractivity contribution in [1.29, 1.82) is 0 Å². The van der Waals surface area contributed by atoms with E-state index >= 15 is 0 Å². The van der Waals surface area contributed by atoms with Crippen LogP contribution in [0.1, 0.15) is 58.3 Å². The van der Waals surface area contributed by atoms with Gasteiger partial charge in [-0.2, -0.15) is 0 Å². The number of nitrogens with one attached hydrogen (secondary N) is 1. The lowest BCUT2D eigenvalue weighted by molar-refractivity contribution is 0.161. The SMILES string of the molecule is CCCCCCCCCN1CCNCC1C[C]=O. The van der Waals surface area contributed by atoms with Crippen LogP contribution in [0.15, 0.2) is 0 Å². The molecule has 1 aliphatic rings. The van der Waals surface area contributed by atoms with Crippen LogP contribution in [0.3, 0.4) is 0 Å². The van der Waals surface area contributed by atoms with Crippen molar-refractivity contribution in [2.45, 2.75) is 64.3 Å². The zero-order chi connectivity index (χ0) is 13.1. The molecule has 0 aromatic rings. The molecule has 0 aliphatic carbocycles. The summed E-state index contributed by atoms with van der Waals surface area (Å²) in [6, 6.07) is 0.386. The molecule has 1 unspecified atom stereocenters. The van der Waals surface area contributed by atoms with E-state index in [1.165, 1.54) is 44.9 Å². The molecule has 105 valence electrons. The summed E-state index contributed by atoms with van der Waals surface area (Å²) in [6.07, 6.45) is 12.1. The van der Waals surface area contributed by atoms with E-state index in [-0.39, 0.29) is 0 Å². The molecule has 3 nitrogen and oxygen atoms in total. The normalized spacial score (nSPS) is 21.1. The van der Waals surface area contributed by atoms with Gasteiger partial charge in [-0.25, -0.2) is 0 Å². The summed E-state index contributed by atoms with van der Waals surface area (Å²) < 4.78 is 0. The number of rotatable bonds is 10. The minimum absolute atomic E-state index is 0.386. The average molecular weight is 253 g/mol. The Hall–Kier alpha value is -0.410. The molecule has 0 aromatic carbocycles. The highest BCUT2D eigenvalue weighted by molar-refractivity contribution is 5.51. The molecular formula is C15H29N2O. The van der Waals surface area contributed by atoms with Gasteiger partial charge in [0.15, 0.2) is 6.29 Å². The topological polar surface area (TPSA) is 32.3 Å². The van der Waals surface area contributed by atoms with Gasteiger partial charge in [-0.1, -0.05) is 45.4 Å². The Morgan fingerprint density at radius 3 is 2.61 bits per heavy atom. The van der Waals surface area contributed by atoms with Crippen molar-refractivity contribution in [3.05, 3.63) is 0 Å². The van der Waals surface area contributed by atoms with Crippen molar-refractivity contribution in [1.82, 2.24) is 10.2 Å². The Morgan fingerprint density at radius 1 is 1.17 bits per heavy atom. The van der Waals surface area contributed by atoms with Crippen LogP contribution in [0.4, 0.5) is 0 Å². The van der Waals surface area contributed by atoms with Crippen molar-refractivity contribution in [2.24, 2.45) is 0 Å². The third-order valence-electron chi connectivity index (χ3n) is 3.84. The van der Waals surface area contributed by atoms with Crippen LogP contribution in [-0.4, -0.2) is 43.4 Å². The van der Waals surface area contributed by atoms with Crippen LogP contribution in [0.2, 0.25) is 0 Å². The lowest BCUT2D eigenvalue weighted by Gasteiger charge is -2.35. The highest BCUT2D eigenvalue weighted by atomic mass is 16.1. The maximum atomic E-state index is 10.5. The van der Waals surface area contributed by atoms with Gasteiger partial charge in [0.25, 0.3) is 0 Å². The zero-order valence-electron chi connectivity index (χ0n) is 11.9.